The van der Waals surface area contributed by atoms with Gasteiger partial charge in [-0.1, -0.05) is 24.3 Å². The van der Waals surface area contributed by atoms with Gasteiger partial charge in [-0.2, -0.15) is 0 Å². The SMILES string of the molecule is NCCC(=O)CC1Cc2ccccc21. The highest BCUT2D eigenvalue weighted by molar-refractivity contribution is 5.80. The third-order valence-electron chi connectivity index (χ3n) is 2.86. The Hall–Kier alpha value is -1.15. The number of carbonyl (C=O) groups is 1. The quantitative estimate of drug-likeness (QED) is 0.782. The summed E-state index contributed by atoms with van der Waals surface area (Å²) in [6, 6.07) is 8.35. The van der Waals surface area contributed by atoms with Crippen LogP contribution < -0.4 is 5.73 Å². The molecule has 0 fully saturated rings. The van der Waals surface area contributed by atoms with Crippen molar-refractivity contribution in [1.29, 1.82) is 0 Å². The van der Waals surface area contributed by atoms with Gasteiger partial charge in [0.2, 0.25) is 0 Å². The molecule has 2 nitrogen and oxygen atoms in total. The van der Waals surface area contributed by atoms with E-state index in [-0.39, 0.29) is 0 Å². The van der Waals surface area contributed by atoms with E-state index < -0.39 is 0 Å². The Morgan fingerprint density at radius 3 is 2.93 bits per heavy atom. The monoisotopic (exact) mass is 189 g/mol. The van der Waals surface area contributed by atoms with Crippen LogP contribution in [0.15, 0.2) is 24.3 Å². The second-order valence-electron chi connectivity index (χ2n) is 3.88. The number of ketones is 1. The molecule has 2 rings (SSSR count). The third kappa shape index (κ3) is 1.70. The zero-order valence-corrected chi connectivity index (χ0v) is 8.20. The van der Waals surface area contributed by atoms with Crippen molar-refractivity contribution in [2.24, 2.45) is 5.73 Å². The Balaban J connectivity index is 1.96. The maximum absolute atomic E-state index is 11.4. The van der Waals surface area contributed by atoms with Crippen LogP contribution >= 0.6 is 0 Å². The number of hydrogen-bond acceptors (Lipinski definition) is 2. The molecule has 1 aliphatic rings. The molecule has 0 bridgehead atoms. The third-order valence-corrected chi connectivity index (χ3v) is 2.86. The van der Waals surface area contributed by atoms with E-state index in [2.05, 4.69) is 18.2 Å². The molecule has 1 aromatic carbocycles. The minimum Gasteiger partial charge on any atom is -0.330 e. The van der Waals surface area contributed by atoms with Gasteiger partial charge in [-0.05, 0) is 30.0 Å². The van der Waals surface area contributed by atoms with Crippen molar-refractivity contribution in [3.8, 4) is 0 Å². The minimum absolute atomic E-state index is 0.298. The van der Waals surface area contributed by atoms with Gasteiger partial charge in [0, 0.05) is 12.8 Å². The summed E-state index contributed by atoms with van der Waals surface area (Å²) in [4.78, 5) is 11.4. The number of nitrogens with two attached hydrogens (primary N) is 1. The fourth-order valence-electron chi connectivity index (χ4n) is 2.08. The number of fused-ring (bicyclic) bond motifs is 1. The van der Waals surface area contributed by atoms with Gasteiger partial charge in [0.25, 0.3) is 0 Å². The highest BCUT2D eigenvalue weighted by Crippen LogP contribution is 2.37. The van der Waals surface area contributed by atoms with E-state index in [1.807, 2.05) is 6.07 Å². The van der Waals surface area contributed by atoms with Crippen LogP contribution in [0.4, 0.5) is 0 Å². The predicted octanol–water partition coefficient (Wildman–Crippen LogP) is 1.63. The van der Waals surface area contributed by atoms with Gasteiger partial charge in [0.15, 0.2) is 0 Å². The highest BCUT2D eigenvalue weighted by Gasteiger charge is 2.26. The zero-order valence-electron chi connectivity index (χ0n) is 8.20. The Morgan fingerprint density at radius 2 is 2.21 bits per heavy atom. The summed E-state index contributed by atoms with van der Waals surface area (Å²) in [6.07, 6.45) is 2.26. The summed E-state index contributed by atoms with van der Waals surface area (Å²) in [5.41, 5.74) is 8.10. The molecule has 0 heterocycles. The lowest BCUT2D eigenvalue weighted by Gasteiger charge is -2.29. The van der Waals surface area contributed by atoms with Gasteiger partial charge in [-0.25, -0.2) is 0 Å². The van der Waals surface area contributed by atoms with Crippen molar-refractivity contribution >= 4 is 5.78 Å². The smallest absolute Gasteiger partial charge is 0.134 e. The molecule has 0 aliphatic heterocycles. The van der Waals surface area contributed by atoms with E-state index in [9.17, 15) is 4.79 Å². The van der Waals surface area contributed by atoms with Crippen LogP contribution in [0.3, 0.4) is 0 Å². The normalized spacial score (nSPS) is 18.5. The lowest BCUT2D eigenvalue weighted by Crippen LogP contribution is -2.21. The molecular weight excluding hydrogens is 174 g/mol. The fourth-order valence-corrected chi connectivity index (χ4v) is 2.08. The van der Waals surface area contributed by atoms with E-state index in [0.717, 1.165) is 6.42 Å². The van der Waals surface area contributed by atoms with Crippen LogP contribution in [-0.2, 0) is 11.2 Å². The summed E-state index contributed by atoms with van der Waals surface area (Å²) in [6.45, 7) is 0.479. The summed E-state index contributed by atoms with van der Waals surface area (Å²) in [5, 5.41) is 0. The average molecular weight is 189 g/mol. The van der Waals surface area contributed by atoms with Gasteiger partial charge in [0.1, 0.15) is 5.78 Å². The molecule has 14 heavy (non-hydrogen) atoms. The standard InChI is InChI=1S/C12H15NO/c13-6-5-11(14)8-10-7-9-3-1-2-4-12(9)10/h1-4,10H,5-8,13H2. The van der Waals surface area contributed by atoms with E-state index in [4.69, 9.17) is 5.73 Å². The van der Waals surface area contributed by atoms with E-state index in [1.54, 1.807) is 0 Å². The molecular formula is C12H15NO. The van der Waals surface area contributed by atoms with Crippen molar-refractivity contribution in [1.82, 2.24) is 0 Å². The topological polar surface area (TPSA) is 43.1 Å². The predicted molar refractivity (Wildman–Crippen MR) is 56.2 cm³/mol. The molecule has 74 valence electrons. The summed E-state index contributed by atoms with van der Waals surface area (Å²) >= 11 is 0. The lowest BCUT2D eigenvalue weighted by molar-refractivity contribution is -0.119. The molecule has 0 saturated heterocycles. The van der Waals surface area contributed by atoms with Crippen LogP contribution in [-0.4, -0.2) is 12.3 Å². The van der Waals surface area contributed by atoms with Gasteiger partial charge in [-0.3, -0.25) is 4.79 Å². The lowest BCUT2D eigenvalue weighted by atomic mass is 9.75. The second kappa shape index (κ2) is 3.93. The Kier molecular flexibility index (Phi) is 2.64. The van der Waals surface area contributed by atoms with Crippen molar-refractivity contribution in [3.63, 3.8) is 0 Å². The number of benzene rings is 1. The number of hydrogen-bond donors (Lipinski definition) is 1. The Morgan fingerprint density at radius 1 is 1.43 bits per heavy atom. The molecule has 1 unspecified atom stereocenters. The van der Waals surface area contributed by atoms with Crippen LogP contribution in [0.1, 0.15) is 29.9 Å². The number of rotatable bonds is 4. The van der Waals surface area contributed by atoms with Gasteiger partial charge in [0.05, 0.1) is 0 Å². The second-order valence-corrected chi connectivity index (χ2v) is 3.88. The first-order valence-corrected chi connectivity index (χ1v) is 5.11. The largest absolute Gasteiger partial charge is 0.330 e. The molecule has 1 aliphatic carbocycles. The van der Waals surface area contributed by atoms with Gasteiger partial charge in [-0.15, -0.1) is 0 Å². The zero-order chi connectivity index (χ0) is 9.97. The molecule has 2 heteroatoms. The minimum atomic E-state index is 0.298. The van der Waals surface area contributed by atoms with Crippen molar-refractivity contribution in [2.45, 2.75) is 25.2 Å². The van der Waals surface area contributed by atoms with E-state index >= 15 is 0 Å². The van der Waals surface area contributed by atoms with Crippen LogP contribution in [0.25, 0.3) is 0 Å². The Labute approximate surface area is 84.1 Å². The summed E-state index contributed by atoms with van der Waals surface area (Å²) in [5.74, 6) is 0.761. The van der Waals surface area contributed by atoms with E-state index in [0.29, 0.717) is 31.1 Å². The molecule has 0 amide bonds. The molecule has 0 aromatic heterocycles. The molecule has 0 spiro atoms. The number of carbonyl (C=O) groups excluding carboxylic acids is 1. The first-order chi connectivity index (χ1) is 6.81. The molecule has 1 aromatic rings. The number of Topliss-reactive ketones (excluding diaryl/α,β-unsaturated/α-hetero) is 1. The highest BCUT2D eigenvalue weighted by atomic mass is 16.1. The fraction of sp³-hybridized carbons (Fsp3) is 0.417. The summed E-state index contributed by atoms with van der Waals surface area (Å²) in [7, 11) is 0. The molecule has 0 radical (unpaired) electrons. The molecule has 0 saturated carbocycles. The maximum Gasteiger partial charge on any atom is 0.134 e. The Bertz CT molecular complexity index is 346. The molecule has 1 atom stereocenters. The first kappa shape index (κ1) is 9.41. The van der Waals surface area contributed by atoms with Gasteiger partial charge < -0.3 is 5.73 Å². The average Bonchev–Trinajstić information content (AvgIpc) is 2.15. The summed E-state index contributed by atoms with van der Waals surface area (Å²) < 4.78 is 0. The maximum atomic E-state index is 11.4. The van der Waals surface area contributed by atoms with Gasteiger partial charge >= 0.3 is 0 Å². The van der Waals surface area contributed by atoms with Crippen molar-refractivity contribution in [3.05, 3.63) is 35.4 Å². The molecule has 2 N–H and O–H groups in total. The first-order valence-electron chi connectivity index (χ1n) is 5.11. The van der Waals surface area contributed by atoms with Crippen LogP contribution in [0, 0.1) is 0 Å². The van der Waals surface area contributed by atoms with Crippen molar-refractivity contribution < 1.29 is 4.79 Å². The van der Waals surface area contributed by atoms with Crippen molar-refractivity contribution in [2.75, 3.05) is 6.54 Å². The van der Waals surface area contributed by atoms with Crippen LogP contribution in [0.5, 0.6) is 0 Å². The van der Waals surface area contributed by atoms with Crippen LogP contribution in [0.2, 0.25) is 0 Å². The van der Waals surface area contributed by atoms with E-state index in [1.165, 1.54) is 11.1 Å².